The van der Waals surface area contributed by atoms with Crippen LogP contribution in [0.25, 0.3) is 16.7 Å². The maximum absolute atomic E-state index is 13.0. The van der Waals surface area contributed by atoms with Crippen molar-refractivity contribution in [2.75, 3.05) is 31.1 Å². The average Bonchev–Trinajstić information content (AvgIpc) is 3.25. The summed E-state index contributed by atoms with van der Waals surface area (Å²) in [5.74, 6) is -1.95. The van der Waals surface area contributed by atoms with E-state index in [0.29, 0.717) is 42.6 Å². The molecule has 1 aliphatic rings. The molecule has 0 unspecified atom stereocenters. The van der Waals surface area contributed by atoms with E-state index in [1.807, 2.05) is 71.8 Å². The molecule has 0 aliphatic carbocycles. The van der Waals surface area contributed by atoms with E-state index in [1.54, 1.807) is 4.57 Å². The molecule has 1 fully saturated rings. The fraction of sp³-hybridized carbons (Fsp3) is 0.355. The van der Waals surface area contributed by atoms with Crippen LogP contribution in [0.4, 0.5) is 5.69 Å². The van der Waals surface area contributed by atoms with E-state index >= 15 is 0 Å². The number of halogens is 1. The molecule has 42 heavy (non-hydrogen) atoms. The Morgan fingerprint density at radius 2 is 1.62 bits per heavy atom. The molecule has 0 atom stereocenters. The summed E-state index contributed by atoms with van der Waals surface area (Å²) in [6.07, 6.45) is 3.63. The molecule has 1 amide bonds. The van der Waals surface area contributed by atoms with Crippen LogP contribution < -0.4 is 10.6 Å². The molecular weight excluding hydrogens is 560 g/mol. The highest BCUT2D eigenvalue weighted by Gasteiger charge is 2.24. The Balaban J connectivity index is 0.000000531. The Kier molecular flexibility index (Phi) is 11.7. The van der Waals surface area contributed by atoms with Crippen LogP contribution >= 0.6 is 11.6 Å². The minimum Gasteiger partial charge on any atom is -0.478 e. The van der Waals surface area contributed by atoms with Crippen molar-refractivity contribution in [3.8, 4) is 0 Å². The first-order valence-electron chi connectivity index (χ1n) is 13.8. The summed E-state index contributed by atoms with van der Waals surface area (Å²) >= 11 is 6.18. The van der Waals surface area contributed by atoms with Crippen molar-refractivity contribution in [1.82, 2.24) is 14.0 Å². The summed E-state index contributed by atoms with van der Waals surface area (Å²) in [4.78, 5) is 49.1. The van der Waals surface area contributed by atoms with Gasteiger partial charge in [0.05, 0.1) is 11.0 Å². The van der Waals surface area contributed by atoms with E-state index < -0.39 is 11.9 Å². The van der Waals surface area contributed by atoms with E-state index in [2.05, 4.69) is 11.5 Å². The first-order chi connectivity index (χ1) is 20.0. The lowest BCUT2D eigenvalue weighted by Gasteiger charge is -2.35. The summed E-state index contributed by atoms with van der Waals surface area (Å²) in [5, 5.41) is 16.3. The van der Waals surface area contributed by atoms with Gasteiger partial charge >= 0.3 is 17.6 Å². The summed E-state index contributed by atoms with van der Waals surface area (Å²) in [6, 6.07) is 15.4. The number of amides is 1. The average molecular weight is 597 g/mol. The van der Waals surface area contributed by atoms with Gasteiger partial charge in [-0.3, -0.25) is 13.9 Å². The van der Waals surface area contributed by atoms with E-state index in [9.17, 15) is 19.2 Å². The number of carbonyl (C=O) groups excluding carboxylic acids is 1. The highest BCUT2D eigenvalue weighted by atomic mass is 35.5. The van der Waals surface area contributed by atoms with Crippen molar-refractivity contribution in [3.63, 3.8) is 0 Å². The first-order valence-corrected chi connectivity index (χ1v) is 14.2. The number of para-hydroxylation sites is 2. The Morgan fingerprint density at radius 1 is 1.00 bits per heavy atom. The van der Waals surface area contributed by atoms with Crippen LogP contribution in [0.1, 0.15) is 33.1 Å². The van der Waals surface area contributed by atoms with Crippen molar-refractivity contribution in [3.05, 3.63) is 82.8 Å². The number of fused-ring (bicyclic) bond motifs is 1. The Hall–Kier alpha value is -4.15. The summed E-state index contributed by atoms with van der Waals surface area (Å²) < 4.78 is 3.55. The number of benzene rings is 2. The number of rotatable bonds is 10. The molecule has 2 aromatic carbocycles. The number of hydrogen-bond acceptors (Lipinski definition) is 5. The molecule has 0 spiro atoms. The van der Waals surface area contributed by atoms with Gasteiger partial charge in [-0.1, -0.05) is 43.3 Å². The molecule has 10 nitrogen and oxygen atoms in total. The highest BCUT2D eigenvalue weighted by molar-refractivity contribution is 6.30. The molecule has 0 bridgehead atoms. The molecule has 1 aliphatic heterocycles. The molecule has 224 valence electrons. The minimum atomic E-state index is -1.26. The van der Waals surface area contributed by atoms with Gasteiger partial charge in [-0.2, -0.15) is 0 Å². The van der Waals surface area contributed by atoms with Gasteiger partial charge in [-0.25, -0.2) is 14.4 Å². The molecule has 4 rings (SSSR count). The summed E-state index contributed by atoms with van der Waals surface area (Å²) in [6.45, 7) is 11.8. The van der Waals surface area contributed by atoms with Gasteiger partial charge in [0.2, 0.25) is 5.91 Å². The second kappa shape index (κ2) is 15.2. The minimum absolute atomic E-state index is 0.0289. The van der Waals surface area contributed by atoms with Gasteiger partial charge in [0, 0.05) is 54.6 Å². The maximum Gasteiger partial charge on any atom is 0.333 e. The molecule has 0 saturated carbocycles. The maximum atomic E-state index is 13.0. The number of hydrogen-bond donors (Lipinski definition) is 2. The second-order valence-electron chi connectivity index (χ2n) is 10.1. The highest BCUT2D eigenvalue weighted by Crippen LogP contribution is 2.25. The predicted octanol–water partition coefficient (Wildman–Crippen LogP) is 4.81. The number of carboxylic acid groups (broad SMARTS) is 2. The van der Waals surface area contributed by atoms with Gasteiger partial charge < -0.3 is 20.0 Å². The molecule has 0 radical (unpaired) electrons. The lowest BCUT2D eigenvalue weighted by molar-refractivity contribution is -0.134. The van der Waals surface area contributed by atoms with Crippen molar-refractivity contribution < 1.29 is 24.6 Å². The van der Waals surface area contributed by atoms with Gasteiger partial charge in [-0.05, 0) is 69.1 Å². The van der Waals surface area contributed by atoms with Crippen LogP contribution in [0.3, 0.4) is 0 Å². The number of piperidine rings is 1. The van der Waals surface area contributed by atoms with Crippen molar-refractivity contribution >= 4 is 51.9 Å². The zero-order valence-corrected chi connectivity index (χ0v) is 24.7. The zero-order chi connectivity index (χ0) is 30.8. The number of imidazole rings is 1. The number of carboxylic acids is 2. The van der Waals surface area contributed by atoms with E-state index in [4.69, 9.17) is 21.8 Å². The SMILES string of the molecule is C=C(C)n1c(=O)n(CCN2CCC(CN(C(=O)CC)c3cccc(Cl)c3)CC2)c2ccccc21.O=C(O)/C=C/C(=O)O. The summed E-state index contributed by atoms with van der Waals surface area (Å²) in [5.41, 5.74) is 3.42. The van der Waals surface area contributed by atoms with Gasteiger partial charge in [0.25, 0.3) is 0 Å². The second-order valence-corrected chi connectivity index (χ2v) is 10.6. The van der Waals surface area contributed by atoms with Crippen LogP contribution in [0.15, 0.2) is 72.1 Å². The smallest absolute Gasteiger partial charge is 0.333 e. The van der Waals surface area contributed by atoms with Crippen molar-refractivity contribution in [1.29, 1.82) is 0 Å². The lowest BCUT2D eigenvalue weighted by atomic mass is 9.95. The summed E-state index contributed by atoms with van der Waals surface area (Å²) in [7, 11) is 0. The number of likely N-dealkylation sites (tertiary alicyclic amines) is 1. The Bertz CT molecular complexity index is 1500. The number of aromatic nitrogens is 2. The number of carbonyl (C=O) groups is 3. The van der Waals surface area contributed by atoms with Gasteiger partial charge in [0.1, 0.15) is 0 Å². The van der Waals surface area contributed by atoms with Crippen LogP contribution in [-0.4, -0.2) is 68.3 Å². The quantitative estimate of drug-likeness (QED) is 0.322. The number of anilines is 1. The van der Waals surface area contributed by atoms with E-state index in [0.717, 1.165) is 54.9 Å². The zero-order valence-electron chi connectivity index (χ0n) is 23.9. The predicted molar refractivity (Wildman–Crippen MR) is 165 cm³/mol. The Labute approximate surface area is 249 Å². The fourth-order valence-corrected chi connectivity index (χ4v) is 5.20. The molecule has 3 aromatic rings. The van der Waals surface area contributed by atoms with Crippen LogP contribution in [0, 0.1) is 5.92 Å². The van der Waals surface area contributed by atoms with Gasteiger partial charge in [-0.15, -0.1) is 0 Å². The first kappa shape index (κ1) is 32.4. The van der Waals surface area contributed by atoms with Crippen LogP contribution in [0.5, 0.6) is 0 Å². The van der Waals surface area contributed by atoms with E-state index in [1.165, 1.54) is 0 Å². The van der Waals surface area contributed by atoms with Crippen molar-refractivity contribution in [2.45, 2.75) is 39.7 Å². The monoisotopic (exact) mass is 596 g/mol. The third-order valence-corrected chi connectivity index (χ3v) is 7.33. The normalized spacial score (nSPS) is 14.0. The number of nitrogens with zero attached hydrogens (tertiary/aromatic N) is 4. The fourth-order valence-electron chi connectivity index (χ4n) is 5.01. The molecule has 2 N–H and O–H groups in total. The lowest BCUT2D eigenvalue weighted by Crippen LogP contribution is -2.42. The third kappa shape index (κ3) is 8.67. The topological polar surface area (TPSA) is 125 Å². The third-order valence-electron chi connectivity index (χ3n) is 7.10. The molecule has 1 saturated heterocycles. The van der Waals surface area contributed by atoms with Gasteiger partial charge in [0.15, 0.2) is 0 Å². The standard InChI is InChI=1S/C27H33ClN4O2.C4H4O4/c1-4-26(33)31(23-9-7-8-22(28)18-23)19-21-12-14-29(15-13-21)16-17-30-24-10-5-6-11-25(24)32(20(2)3)27(30)34;5-3(6)1-2-4(7)8/h5-11,18,21H,2,4,12-17,19H2,1,3H3;1-2H,(H,5,6)(H,7,8)/b;2-1+. The largest absolute Gasteiger partial charge is 0.478 e. The van der Waals surface area contributed by atoms with E-state index in [-0.39, 0.29) is 11.6 Å². The number of aliphatic carboxylic acids is 2. The Morgan fingerprint density at radius 3 is 2.17 bits per heavy atom. The van der Waals surface area contributed by atoms with Crippen LogP contribution in [0.2, 0.25) is 5.02 Å². The van der Waals surface area contributed by atoms with Crippen molar-refractivity contribution in [2.24, 2.45) is 5.92 Å². The molecule has 11 heteroatoms. The van der Waals surface area contributed by atoms with Crippen LogP contribution in [-0.2, 0) is 20.9 Å². The molecular formula is C31H37ClN4O6. The molecule has 2 heterocycles. The molecule has 1 aromatic heterocycles. The number of allylic oxidation sites excluding steroid dienone is 1.